The first kappa shape index (κ1) is 17.4. The Morgan fingerprint density at radius 1 is 1.21 bits per heavy atom. The van der Waals surface area contributed by atoms with E-state index >= 15 is 0 Å². The van der Waals surface area contributed by atoms with E-state index < -0.39 is 0 Å². The number of amides is 1. The van der Waals surface area contributed by atoms with Crippen LogP contribution < -0.4 is 14.8 Å². The van der Waals surface area contributed by atoms with Gasteiger partial charge in [-0.15, -0.1) is 11.8 Å². The van der Waals surface area contributed by atoms with Gasteiger partial charge in [0.05, 0.1) is 5.75 Å². The van der Waals surface area contributed by atoms with Gasteiger partial charge >= 0.3 is 0 Å². The molecule has 3 rings (SSSR count). The second-order valence-corrected chi connectivity index (χ2v) is 7.24. The predicted octanol–water partition coefficient (Wildman–Crippen LogP) is 3.16. The Labute approximate surface area is 148 Å². The summed E-state index contributed by atoms with van der Waals surface area (Å²) < 4.78 is 10.8. The number of thioether (sulfide) groups is 1. The van der Waals surface area contributed by atoms with Gasteiger partial charge in [-0.3, -0.25) is 4.79 Å². The predicted molar refractivity (Wildman–Crippen MR) is 96.5 cm³/mol. The molecule has 0 radical (unpaired) electrons. The fraction of sp³-hybridized carbons (Fsp3) is 0.611. The SMILES string of the molecule is CCCCCNCCCN1C(=O)CSC1c1ccc2c(c1)OCO2. The van der Waals surface area contributed by atoms with Crippen molar-refractivity contribution < 1.29 is 14.3 Å². The summed E-state index contributed by atoms with van der Waals surface area (Å²) in [6.07, 6.45) is 4.74. The Balaban J connectivity index is 1.51. The van der Waals surface area contributed by atoms with Crippen LogP contribution in [0.15, 0.2) is 18.2 Å². The number of nitrogens with zero attached hydrogens (tertiary/aromatic N) is 1. The smallest absolute Gasteiger partial charge is 0.233 e. The number of carbonyl (C=O) groups is 1. The van der Waals surface area contributed by atoms with Crippen molar-refractivity contribution in [2.24, 2.45) is 0 Å². The van der Waals surface area contributed by atoms with Crippen LogP contribution in [0, 0.1) is 0 Å². The van der Waals surface area contributed by atoms with Gasteiger partial charge in [0.15, 0.2) is 11.5 Å². The maximum Gasteiger partial charge on any atom is 0.233 e. The molecular weight excluding hydrogens is 324 g/mol. The molecule has 0 bridgehead atoms. The quantitative estimate of drug-likeness (QED) is 0.693. The van der Waals surface area contributed by atoms with Crippen molar-refractivity contribution in [1.29, 1.82) is 0 Å². The van der Waals surface area contributed by atoms with Gasteiger partial charge < -0.3 is 19.7 Å². The third-order valence-electron chi connectivity index (χ3n) is 4.36. The first-order valence-corrected chi connectivity index (χ1v) is 9.86. The first-order valence-electron chi connectivity index (χ1n) is 8.81. The molecule has 1 N–H and O–H groups in total. The molecule has 1 unspecified atom stereocenters. The van der Waals surface area contributed by atoms with Crippen LogP contribution in [-0.4, -0.2) is 43.0 Å². The summed E-state index contributed by atoms with van der Waals surface area (Å²) in [6, 6.07) is 5.99. The van der Waals surface area contributed by atoms with Crippen molar-refractivity contribution in [2.75, 3.05) is 32.2 Å². The standard InChI is InChI=1S/C18H26N2O3S/c1-2-3-4-8-19-9-5-10-20-17(21)12-24-18(20)14-6-7-15-16(11-14)23-13-22-15/h6-7,11,18-19H,2-5,8-10,12-13H2,1H3. The van der Waals surface area contributed by atoms with Gasteiger partial charge in [0, 0.05) is 6.54 Å². The summed E-state index contributed by atoms with van der Waals surface area (Å²) in [6.45, 7) is 5.33. The van der Waals surface area contributed by atoms with Crippen LogP contribution in [-0.2, 0) is 4.79 Å². The van der Waals surface area contributed by atoms with Crippen LogP contribution >= 0.6 is 11.8 Å². The summed E-state index contributed by atoms with van der Waals surface area (Å²) in [5.74, 6) is 2.36. The molecular formula is C18H26N2O3S. The molecule has 24 heavy (non-hydrogen) atoms. The van der Waals surface area contributed by atoms with E-state index in [-0.39, 0.29) is 18.1 Å². The Kier molecular flexibility index (Phi) is 6.26. The summed E-state index contributed by atoms with van der Waals surface area (Å²) >= 11 is 1.69. The van der Waals surface area contributed by atoms with Crippen molar-refractivity contribution >= 4 is 17.7 Å². The zero-order valence-electron chi connectivity index (χ0n) is 14.3. The molecule has 2 heterocycles. The number of fused-ring (bicyclic) bond motifs is 1. The van der Waals surface area contributed by atoms with Crippen LogP contribution in [0.25, 0.3) is 0 Å². The van der Waals surface area contributed by atoms with E-state index in [0.717, 1.165) is 43.1 Å². The van der Waals surface area contributed by atoms with Gasteiger partial charge in [0.25, 0.3) is 0 Å². The molecule has 1 amide bonds. The summed E-state index contributed by atoms with van der Waals surface area (Å²) in [4.78, 5) is 14.2. The number of carbonyl (C=O) groups excluding carboxylic acids is 1. The average Bonchev–Trinajstić information content (AvgIpc) is 3.20. The minimum absolute atomic E-state index is 0.0899. The number of unbranched alkanes of at least 4 members (excludes halogenated alkanes) is 2. The second-order valence-electron chi connectivity index (χ2n) is 6.17. The molecule has 1 aromatic rings. The lowest BCUT2D eigenvalue weighted by atomic mass is 10.1. The molecule has 6 heteroatoms. The molecule has 1 atom stereocenters. The van der Waals surface area contributed by atoms with Crippen molar-refractivity contribution in [3.8, 4) is 11.5 Å². The number of nitrogens with one attached hydrogen (secondary N) is 1. The van der Waals surface area contributed by atoms with Gasteiger partial charge in [-0.1, -0.05) is 25.8 Å². The molecule has 2 aliphatic rings. The largest absolute Gasteiger partial charge is 0.454 e. The monoisotopic (exact) mass is 350 g/mol. The van der Waals surface area contributed by atoms with E-state index in [1.807, 2.05) is 23.1 Å². The molecule has 132 valence electrons. The van der Waals surface area contributed by atoms with E-state index in [1.54, 1.807) is 11.8 Å². The Bertz CT molecular complexity index is 567. The molecule has 0 saturated carbocycles. The number of hydrogen-bond donors (Lipinski definition) is 1. The van der Waals surface area contributed by atoms with Crippen LogP contribution in [0.1, 0.15) is 43.5 Å². The maximum absolute atomic E-state index is 12.2. The minimum Gasteiger partial charge on any atom is -0.454 e. The fourth-order valence-corrected chi connectivity index (χ4v) is 4.25. The van der Waals surface area contributed by atoms with E-state index in [1.165, 1.54) is 19.3 Å². The van der Waals surface area contributed by atoms with Crippen molar-refractivity contribution in [2.45, 2.75) is 38.0 Å². The number of hydrogen-bond acceptors (Lipinski definition) is 5. The van der Waals surface area contributed by atoms with E-state index in [9.17, 15) is 4.79 Å². The summed E-state index contributed by atoms with van der Waals surface area (Å²) in [5.41, 5.74) is 1.12. The highest BCUT2D eigenvalue weighted by molar-refractivity contribution is 8.00. The third-order valence-corrected chi connectivity index (χ3v) is 5.62. The van der Waals surface area contributed by atoms with E-state index in [4.69, 9.17) is 9.47 Å². The lowest BCUT2D eigenvalue weighted by Gasteiger charge is -2.24. The molecule has 2 aliphatic heterocycles. The van der Waals surface area contributed by atoms with Crippen LogP contribution in [0.4, 0.5) is 0 Å². The molecule has 0 spiro atoms. The van der Waals surface area contributed by atoms with Crippen LogP contribution in [0.5, 0.6) is 11.5 Å². The number of rotatable bonds is 9. The lowest BCUT2D eigenvalue weighted by Crippen LogP contribution is -2.31. The Morgan fingerprint density at radius 2 is 2.04 bits per heavy atom. The third kappa shape index (κ3) is 4.16. The first-order chi connectivity index (χ1) is 11.8. The van der Waals surface area contributed by atoms with Gasteiger partial charge in [0.2, 0.25) is 12.7 Å². The maximum atomic E-state index is 12.2. The van der Waals surface area contributed by atoms with Crippen molar-refractivity contribution in [3.05, 3.63) is 23.8 Å². The van der Waals surface area contributed by atoms with Crippen LogP contribution in [0.3, 0.4) is 0 Å². The summed E-state index contributed by atoms with van der Waals surface area (Å²) in [5, 5.41) is 3.56. The Hall–Kier alpha value is -1.40. The minimum atomic E-state index is 0.0899. The highest BCUT2D eigenvalue weighted by Gasteiger charge is 2.33. The topological polar surface area (TPSA) is 50.8 Å². The molecule has 5 nitrogen and oxygen atoms in total. The normalized spacial score (nSPS) is 19.3. The van der Waals surface area contributed by atoms with Gasteiger partial charge in [-0.2, -0.15) is 0 Å². The van der Waals surface area contributed by atoms with E-state index in [0.29, 0.717) is 5.75 Å². The molecule has 1 saturated heterocycles. The molecule has 1 fully saturated rings. The van der Waals surface area contributed by atoms with E-state index in [2.05, 4.69) is 12.2 Å². The van der Waals surface area contributed by atoms with Crippen molar-refractivity contribution in [1.82, 2.24) is 10.2 Å². The van der Waals surface area contributed by atoms with Gasteiger partial charge in [-0.05, 0) is 43.6 Å². The van der Waals surface area contributed by atoms with Crippen molar-refractivity contribution in [3.63, 3.8) is 0 Å². The zero-order valence-corrected chi connectivity index (χ0v) is 15.1. The molecule has 1 aromatic carbocycles. The lowest BCUT2D eigenvalue weighted by molar-refractivity contribution is -0.128. The summed E-state index contributed by atoms with van der Waals surface area (Å²) in [7, 11) is 0. The van der Waals surface area contributed by atoms with Gasteiger partial charge in [-0.25, -0.2) is 0 Å². The molecule has 0 aliphatic carbocycles. The fourth-order valence-electron chi connectivity index (χ4n) is 3.04. The average molecular weight is 350 g/mol. The number of ether oxygens (including phenoxy) is 2. The highest BCUT2D eigenvalue weighted by atomic mass is 32.2. The molecule has 0 aromatic heterocycles. The van der Waals surface area contributed by atoms with Crippen LogP contribution in [0.2, 0.25) is 0 Å². The number of benzene rings is 1. The second kappa shape index (κ2) is 8.62. The highest BCUT2D eigenvalue weighted by Crippen LogP contribution is 2.42. The zero-order chi connectivity index (χ0) is 16.8. The Morgan fingerprint density at radius 3 is 2.92 bits per heavy atom. The van der Waals surface area contributed by atoms with Gasteiger partial charge in [0.1, 0.15) is 5.37 Å².